The second kappa shape index (κ2) is 5.72. The van der Waals surface area contributed by atoms with Gasteiger partial charge in [0.1, 0.15) is 16.1 Å². The van der Waals surface area contributed by atoms with Crippen LogP contribution in [0.2, 0.25) is 10.3 Å². The van der Waals surface area contributed by atoms with Crippen LogP contribution in [0.4, 0.5) is 0 Å². The molecule has 0 unspecified atom stereocenters. The van der Waals surface area contributed by atoms with E-state index in [1.54, 1.807) is 24.3 Å². The van der Waals surface area contributed by atoms with Crippen LogP contribution in [0.15, 0.2) is 54.6 Å². The van der Waals surface area contributed by atoms with Crippen molar-refractivity contribution in [2.24, 2.45) is 0 Å². The van der Waals surface area contributed by atoms with Gasteiger partial charge in [0.25, 0.3) is 0 Å². The third kappa shape index (κ3) is 2.84. The largest absolute Gasteiger partial charge is 0.508 e. The number of aromatic hydroxyl groups is 1. The summed E-state index contributed by atoms with van der Waals surface area (Å²) in [5.74, 6) is 0.510. The van der Waals surface area contributed by atoms with E-state index in [1.807, 2.05) is 30.3 Å². The Morgan fingerprint density at radius 1 is 0.762 bits per heavy atom. The number of hydrogen-bond acceptors (Lipinski definition) is 3. The van der Waals surface area contributed by atoms with Gasteiger partial charge in [0.2, 0.25) is 0 Å². The van der Waals surface area contributed by atoms with Crippen molar-refractivity contribution in [3.05, 3.63) is 64.9 Å². The Hall–Kier alpha value is -2.10. The quantitative estimate of drug-likeness (QED) is 0.689. The molecule has 0 atom stereocenters. The van der Waals surface area contributed by atoms with Crippen molar-refractivity contribution in [2.45, 2.75) is 0 Å². The first kappa shape index (κ1) is 13.9. The molecule has 0 spiro atoms. The van der Waals surface area contributed by atoms with E-state index >= 15 is 0 Å². The van der Waals surface area contributed by atoms with E-state index in [0.29, 0.717) is 17.0 Å². The van der Waals surface area contributed by atoms with E-state index in [2.05, 4.69) is 9.97 Å². The highest BCUT2D eigenvalue weighted by atomic mass is 35.5. The Labute approximate surface area is 131 Å². The zero-order valence-electron chi connectivity index (χ0n) is 10.8. The van der Waals surface area contributed by atoms with Crippen LogP contribution in [0, 0.1) is 0 Å². The number of hydrogen-bond donors (Lipinski definition) is 1. The van der Waals surface area contributed by atoms with Crippen LogP contribution in [0.3, 0.4) is 0 Å². The van der Waals surface area contributed by atoms with E-state index in [0.717, 1.165) is 5.56 Å². The monoisotopic (exact) mass is 316 g/mol. The number of nitrogens with zero attached hydrogens (tertiary/aromatic N) is 2. The summed E-state index contributed by atoms with van der Waals surface area (Å²) in [6, 6.07) is 16.1. The molecule has 3 nitrogen and oxygen atoms in total. The Morgan fingerprint density at radius 2 is 1.38 bits per heavy atom. The molecule has 1 N–H and O–H groups in total. The lowest BCUT2D eigenvalue weighted by Crippen LogP contribution is -1.94. The fourth-order valence-electron chi connectivity index (χ4n) is 2.03. The first-order chi connectivity index (χ1) is 10.1. The van der Waals surface area contributed by atoms with Gasteiger partial charge in [-0.1, -0.05) is 65.7 Å². The van der Waals surface area contributed by atoms with Crippen molar-refractivity contribution in [3.8, 4) is 28.3 Å². The predicted molar refractivity (Wildman–Crippen MR) is 84.6 cm³/mol. The van der Waals surface area contributed by atoms with Gasteiger partial charge in [-0.05, 0) is 17.7 Å². The first-order valence-electron chi connectivity index (χ1n) is 6.23. The van der Waals surface area contributed by atoms with E-state index in [9.17, 15) is 5.11 Å². The average Bonchev–Trinajstić information content (AvgIpc) is 2.47. The van der Waals surface area contributed by atoms with Crippen molar-refractivity contribution in [1.29, 1.82) is 0 Å². The molecule has 1 aromatic heterocycles. The maximum absolute atomic E-state index is 9.52. The normalized spacial score (nSPS) is 10.6. The zero-order valence-corrected chi connectivity index (χ0v) is 12.3. The highest BCUT2D eigenvalue weighted by Gasteiger charge is 2.14. The third-order valence-corrected chi connectivity index (χ3v) is 3.53. The molecule has 21 heavy (non-hydrogen) atoms. The van der Waals surface area contributed by atoms with Crippen LogP contribution in [0.25, 0.3) is 22.5 Å². The topological polar surface area (TPSA) is 46.0 Å². The second-order valence-corrected chi connectivity index (χ2v) is 5.14. The highest BCUT2D eigenvalue weighted by molar-refractivity contribution is 6.37. The molecule has 104 valence electrons. The number of aromatic nitrogens is 2. The number of rotatable bonds is 2. The summed E-state index contributed by atoms with van der Waals surface area (Å²) in [6.07, 6.45) is 0. The minimum Gasteiger partial charge on any atom is -0.508 e. The summed E-state index contributed by atoms with van der Waals surface area (Å²) in [4.78, 5) is 8.56. The summed E-state index contributed by atoms with van der Waals surface area (Å²) < 4.78 is 0. The SMILES string of the molecule is Oc1cccc(-c2nc(Cl)c(-c3ccccc3)c(Cl)n2)c1. The number of benzene rings is 2. The summed E-state index contributed by atoms with van der Waals surface area (Å²) in [5.41, 5.74) is 2.11. The molecular formula is C16H10Cl2N2O. The molecule has 0 aliphatic heterocycles. The van der Waals surface area contributed by atoms with Gasteiger partial charge in [-0.25, -0.2) is 9.97 Å². The van der Waals surface area contributed by atoms with E-state index in [1.165, 1.54) is 0 Å². The maximum atomic E-state index is 9.52. The van der Waals surface area contributed by atoms with Crippen molar-refractivity contribution in [1.82, 2.24) is 9.97 Å². The number of phenolic OH excluding ortho intramolecular Hbond substituents is 1. The van der Waals surface area contributed by atoms with Crippen LogP contribution >= 0.6 is 23.2 Å². The summed E-state index contributed by atoms with van der Waals surface area (Å²) in [5, 5.41) is 10.1. The molecule has 1 heterocycles. The second-order valence-electron chi connectivity index (χ2n) is 4.42. The van der Waals surface area contributed by atoms with Crippen molar-refractivity contribution < 1.29 is 5.11 Å². The molecule has 3 aromatic rings. The zero-order chi connectivity index (χ0) is 14.8. The van der Waals surface area contributed by atoms with Gasteiger partial charge in [-0.3, -0.25) is 0 Å². The lowest BCUT2D eigenvalue weighted by molar-refractivity contribution is 0.475. The van der Waals surface area contributed by atoms with Crippen LogP contribution in [0.5, 0.6) is 5.75 Å². The van der Waals surface area contributed by atoms with Crippen LogP contribution in [0.1, 0.15) is 0 Å². The van der Waals surface area contributed by atoms with Crippen LogP contribution < -0.4 is 0 Å². The van der Waals surface area contributed by atoms with Crippen molar-refractivity contribution in [3.63, 3.8) is 0 Å². The highest BCUT2D eigenvalue weighted by Crippen LogP contribution is 2.34. The van der Waals surface area contributed by atoms with E-state index in [-0.39, 0.29) is 16.1 Å². The Kier molecular flexibility index (Phi) is 3.78. The molecule has 0 aliphatic rings. The van der Waals surface area contributed by atoms with Gasteiger partial charge in [-0.15, -0.1) is 0 Å². The molecule has 0 bridgehead atoms. The van der Waals surface area contributed by atoms with Crippen molar-refractivity contribution in [2.75, 3.05) is 0 Å². The van der Waals surface area contributed by atoms with Gasteiger partial charge in [0.05, 0.1) is 5.56 Å². The number of phenols is 1. The van der Waals surface area contributed by atoms with Crippen LogP contribution in [-0.2, 0) is 0 Å². The summed E-state index contributed by atoms with van der Waals surface area (Å²) >= 11 is 12.5. The molecule has 0 saturated carbocycles. The van der Waals surface area contributed by atoms with E-state index in [4.69, 9.17) is 23.2 Å². The van der Waals surface area contributed by atoms with E-state index < -0.39 is 0 Å². The molecule has 2 aromatic carbocycles. The number of halogens is 2. The minimum absolute atomic E-state index is 0.135. The standard InChI is InChI=1S/C16H10Cl2N2O/c17-14-13(10-5-2-1-3-6-10)15(18)20-16(19-14)11-7-4-8-12(21)9-11/h1-9,21H. The van der Waals surface area contributed by atoms with Crippen molar-refractivity contribution >= 4 is 23.2 Å². The molecule has 0 amide bonds. The van der Waals surface area contributed by atoms with Gasteiger partial charge < -0.3 is 5.11 Å². The lowest BCUT2D eigenvalue weighted by atomic mass is 10.1. The first-order valence-corrected chi connectivity index (χ1v) is 6.98. The third-order valence-electron chi connectivity index (χ3n) is 2.99. The summed E-state index contributed by atoms with van der Waals surface area (Å²) in [7, 11) is 0. The maximum Gasteiger partial charge on any atom is 0.162 e. The predicted octanol–water partition coefficient (Wildman–Crippen LogP) is 4.82. The lowest BCUT2D eigenvalue weighted by Gasteiger charge is -2.08. The summed E-state index contributed by atoms with van der Waals surface area (Å²) in [6.45, 7) is 0. The molecule has 0 radical (unpaired) electrons. The Morgan fingerprint density at radius 3 is 2.00 bits per heavy atom. The van der Waals surface area contributed by atoms with Gasteiger partial charge in [0.15, 0.2) is 5.82 Å². The van der Waals surface area contributed by atoms with Gasteiger partial charge in [-0.2, -0.15) is 0 Å². The molecule has 0 aliphatic carbocycles. The molecule has 0 fully saturated rings. The molecule has 0 saturated heterocycles. The Bertz CT molecular complexity index is 768. The molecular weight excluding hydrogens is 307 g/mol. The fraction of sp³-hybridized carbons (Fsp3) is 0. The smallest absolute Gasteiger partial charge is 0.162 e. The van der Waals surface area contributed by atoms with Gasteiger partial charge in [0, 0.05) is 5.56 Å². The Balaban J connectivity index is 2.13. The minimum atomic E-state index is 0.135. The molecule has 3 rings (SSSR count). The van der Waals surface area contributed by atoms with Crippen LogP contribution in [-0.4, -0.2) is 15.1 Å². The van der Waals surface area contributed by atoms with Gasteiger partial charge >= 0.3 is 0 Å². The molecule has 5 heteroatoms. The average molecular weight is 317 g/mol. The fourth-order valence-corrected chi connectivity index (χ4v) is 2.63.